The first kappa shape index (κ1) is 15.4. The SMILES string of the molecule is CC1CCC(C(N)=O)CN1C(=O)c1ccc(C(N)=S)cc1. The number of benzene rings is 1. The van der Waals surface area contributed by atoms with E-state index in [1.165, 1.54) is 0 Å². The number of hydrogen-bond donors (Lipinski definition) is 2. The van der Waals surface area contributed by atoms with Crippen LogP contribution >= 0.6 is 12.2 Å². The molecular weight excluding hydrogens is 286 g/mol. The van der Waals surface area contributed by atoms with E-state index in [1.807, 2.05) is 6.92 Å². The number of rotatable bonds is 3. The average Bonchev–Trinajstić information content (AvgIpc) is 2.47. The summed E-state index contributed by atoms with van der Waals surface area (Å²) < 4.78 is 0. The number of likely N-dealkylation sites (tertiary alicyclic amines) is 1. The maximum absolute atomic E-state index is 12.6. The first-order valence-corrected chi connectivity index (χ1v) is 7.31. The van der Waals surface area contributed by atoms with Crippen LogP contribution in [0.15, 0.2) is 24.3 Å². The zero-order chi connectivity index (χ0) is 15.6. The number of thiocarbonyl (C=S) groups is 1. The third kappa shape index (κ3) is 3.39. The number of nitrogens with two attached hydrogens (primary N) is 2. The maximum Gasteiger partial charge on any atom is 0.254 e. The fourth-order valence-corrected chi connectivity index (χ4v) is 2.70. The molecule has 2 atom stereocenters. The number of carbonyl (C=O) groups is 2. The van der Waals surface area contributed by atoms with Crippen LogP contribution in [0.5, 0.6) is 0 Å². The van der Waals surface area contributed by atoms with Gasteiger partial charge in [-0.15, -0.1) is 0 Å². The van der Waals surface area contributed by atoms with Crippen molar-refractivity contribution >= 4 is 29.0 Å². The third-order valence-electron chi connectivity index (χ3n) is 3.96. The van der Waals surface area contributed by atoms with Gasteiger partial charge in [-0.1, -0.05) is 24.4 Å². The molecule has 1 saturated heterocycles. The molecule has 1 aliphatic rings. The fraction of sp³-hybridized carbons (Fsp3) is 0.400. The van der Waals surface area contributed by atoms with Gasteiger partial charge in [0.05, 0.1) is 5.92 Å². The van der Waals surface area contributed by atoms with Crippen LogP contribution in [0.2, 0.25) is 0 Å². The van der Waals surface area contributed by atoms with Gasteiger partial charge in [-0.25, -0.2) is 0 Å². The zero-order valence-corrected chi connectivity index (χ0v) is 12.7. The Labute approximate surface area is 129 Å². The van der Waals surface area contributed by atoms with Gasteiger partial charge in [-0.2, -0.15) is 0 Å². The second-order valence-electron chi connectivity index (χ2n) is 5.42. The van der Waals surface area contributed by atoms with E-state index in [-0.39, 0.29) is 23.8 Å². The molecule has 1 aliphatic heterocycles. The molecule has 0 bridgehead atoms. The molecule has 4 N–H and O–H groups in total. The van der Waals surface area contributed by atoms with Crippen LogP contribution in [-0.4, -0.2) is 34.3 Å². The van der Waals surface area contributed by atoms with Crippen LogP contribution in [0.25, 0.3) is 0 Å². The van der Waals surface area contributed by atoms with Crippen molar-refractivity contribution in [1.82, 2.24) is 4.90 Å². The Hall–Kier alpha value is -1.95. The van der Waals surface area contributed by atoms with Crippen molar-refractivity contribution in [2.24, 2.45) is 17.4 Å². The minimum atomic E-state index is -0.344. The molecule has 0 aliphatic carbocycles. The van der Waals surface area contributed by atoms with Gasteiger partial charge in [0.25, 0.3) is 5.91 Å². The van der Waals surface area contributed by atoms with Gasteiger partial charge in [0, 0.05) is 23.7 Å². The van der Waals surface area contributed by atoms with E-state index >= 15 is 0 Å². The van der Waals surface area contributed by atoms with Gasteiger partial charge < -0.3 is 16.4 Å². The second-order valence-corrected chi connectivity index (χ2v) is 5.86. The number of carbonyl (C=O) groups excluding carboxylic acids is 2. The monoisotopic (exact) mass is 305 g/mol. The number of nitrogens with zero attached hydrogens (tertiary/aromatic N) is 1. The molecule has 0 radical (unpaired) electrons. The smallest absolute Gasteiger partial charge is 0.254 e. The Morgan fingerprint density at radius 2 is 1.71 bits per heavy atom. The molecule has 2 rings (SSSR count). The van der Waals surface area contributed by atoms with Crippen molar-refractivity contribution in [1.29, 1.82) is 0 Å². The van der Waals surface area contributed by atoms with E-state index in [4.69, 9.17) is 23.7 Å². The largest absolute Gasteiger partial charge is 0.389 e. The minimum Gasteiger partial charge on any atom is -0.389 e. The quantitative estimate of drug-likeness (QED) is 0.817. The Bertz CT molecular complexity index is 571. The summed E-state index contributed by atoms with van der Waals surface area (Å²) in [6.45, 7) is 2.37. The molecule has 5 nitrogen and oxygen atoms in total. The van der Waals surface area contributed by atoms with E-state index in [0.717, 1.165) is 18.4 Å². The van der Waals surface area contributed by atoms with Gasteiger partial charge >= 0.3 is 0 Å². The molecular formula is C15H19N3O2S. The summed E-state index contributed by atoms with van der Waals surface area (Å²) in [7, 11) is 0. The van der Waals surface area contributed by atoms with Crippen molar-refractivity contribution in [3.63, 3.8) is 0 Å². The molecule has 0 aromatic heterocycles. The standard InChI is InChI=1S/C15H19N3O2S/c1-9-2-3-12(13(16)19)8-18(9)15(20)11-6-4-10(5-7-11)14(17)21/h4-7,9,12H,2-3,8H2,1H3,(H2,16,19)(H2,17,21). The molecule has 112 valence electrons. The Morgan fingerprint density at radius 3 is 2.24 bits per heavy atom. The highest BCUT2D eigenvalue weighted by Gasteiger charge is 2.31. The van der Waals surface area contributed by atoms with Crippen LogP contribution in [-0.2, 0) is 4.79 Å². The Kier molecular flexibility index (Phi) is 4.57. The van der Waals surface area contributed by atoms with Gasteiger partial charge in [-0.3, -0.25) is 9.59 Å². The van der Waals surface area contributed by atoms with Crippen LogP contribution in [0.4, 0.5) is 0 Å². The highest BCUT2D eigenvalue weighted by molar-refractivity contribution is 7.80. The highest BCUT2D eigenvalue weighted by atomic mass is 32.1. The van der Waals surface area contributed by atoms with E-state index in [1.54, 1.807) is 29.2 Å². The van der Waals surface area contributed by atoms with Crippen LogP contribution in [0, 0.1) is 5.92 Å². The lowest BCUT2D eigenvalue weighted by Crippen LogP contribution is -2.48. The van der Waals surface area contributed by atoms with E-state index in [2.05, 4.69) is 0 Å². The second kappa shape index (κ2) is 6.22. The summed E-state index contributed by atoms with van der Waals surface area (Å²) >= 11 is 4.89. The van der Waals surface area contributed by atoms with E-state index in [9.17, 15) is 9.59 Å². The predicted molar refractivity (Wildman–Crippen MR) is 84.7 cm³/mol. The molecule has 6 heteroatoms. The third-order valence-corrected chi connectivity index (χ3v) is 4.20. The minimum absolute atomic E-state index is 0.0945. The fourth-order valence-electron chi connectivity index (χ4n) is 2.57. The molecule has 1 heterocycles. The maximum atomic E-state index is 12.6. The van der Waals surface area contributed by atoms with Gasteiger partial charge in [0.15, 0.2) is 0 Å². The first-order chi connectivity index (χ1) is 9.90. The molecule has 21 heavy (non-hydrogen) atoms. The molecule has 1 fully saturated rings. The van der Waals surface area contributed by atoms with Crippen LogP contribution < -0.4 is 11.5 Å². The van der Waals surface area contributed by atoms with E-state index < -0.39 is 0 Å². The Morgan fingerprint density at radius 1 is 1.14 bits per heavy atom. The summed E-state index contributed by atoms with van der Waals surface area (Å²) in [5, 5.41) is 0. The number of amides is 2. The van der Waals surface area contributed by atoms with Gasteiger partial charge in [-0.05, 0) is 31.9 Å². The summed E-state index contributed by atoms with van der Waals surface area (Å²) in [6, 6.07) is 6.98. The van der Waals surface area contributed by atoms with Crippen molar-refractivity contribution in [2.75, 3.05) is 6.54 Å². The number of piperidine rings is 1. The molecule has 1 aromatic rings. The topological polar surface area (TPSA) is 89.4 Å². The van der Waals surface area contributed by atoms with Crippen molar-refractivity contribution in [2.45, 2.75) is 25.8 Å². The molecule has 0 spiro atoms. The Balaban J connectivity index is 2.17. The molecule has 0 saturated carbocycles. The lowest BCUT2D eigenvalue weighted by Gasteiger charge is -2.37. The summed E-state index contributed by atoms with van der Waals surface area (Å²) in [4.78, 5) is 25.9. The molecule has 1 aromatic carbocycles. The highest BCUT2D eigenvalue weighted by Crippen LogP contribution is 2.23. The average molecular weight is 305 g/mol. The summed E-state index contributed by atoms with van der Waals surface area (Å²) in [5.74, 6) is -0.701. The summed E-state index contributed by atoms with van der Waals surface area (Å²) in [5.41, 5.74) is 12.2. The van der Waals surface area contributed by atoms with Crippen molar-refractivity contribution in [3.05, 3.63) is 35.4 Å². The van der Waals surface area contributed by atoms with Crippen molar-refractivity contribution in [3.8, 4) is 0 Å². The van der Waals surface area contributed by atoms with Gasteiger partial charge in [0.2, 0.25) is 5.91 Å². The predicted octanol–water partition coefficient (Wildman–Crippen LogP) is 1.05. The first-order valence-electron chi connectivity index (χ1n) is 6.90. The molecule has 2 unspecified atom stereocenters. The lowest BCUT2D eigenvalue weighted by atomic mass is 9.92. The normalized spacial score (nSPS) is 21.9. The van der Waals surface area contributed by atoms with E-state index in [0.29, 0.717) is 17.1 Å². The summed E-state index contributed by atoms with van der Waals surface area (Å²) in [6.07, 6.45) is 1.52. The molecule has 2 amide bonds. The number of primary amides is 1. The lowest BCUT2D eigenvalue weighted by molar-refractivity contribution is -0.123. The van der Waals surface area contributed by atoms with Crippen molar-refractivity contribution < 1.29 is 9.59 Å². The zero-order valence-electron chi connectivity index (χ0n) is 11.9. The van der Waals surface area contributed by atoms with Crippen LogP contribution in [0.3, 0.4) is 0 Å². The van der Waals surface area contributed by atoms with Crippen LogP contribution in [0.1, 0.15) is 35.7 Å². The number of hydrogen-bond acceptors (Lipinski definition) is 3. The van der Waals surface area contributed by atoms with Gasteiger partial charge in [0.1, 0.15) is 4.99 Å².